The highest BCUT2D eigenvalue weighted by atomic mass is 16.3. The molecular weight excluding hydrogens is 224 g/mol. The maximum Gasteiger partial charge on any atom is 0.0768 e. The lowest BCUT2D eigenvalue weighted by molar-refractivity contribution is -0.0261. The fraction of sp³-hybridized carbons (Fsp3) is 1.00. The lowest BCUT2D eigenvalue weighted by Crippen LogP contribution is -2.48. The quantitative estimate of drug-likeness (QED) is 0.765. The van der Waals surface area contributed by atoms with Gasteiger partial charge in [0.15, 0.2) is 0 Å². The number of hydrogen-bond donors (Lipinski definition) is 2. The molecule has 1 unspecified atom stereocenters. The summed E-state index contributed by atoms with van der Waals surface area (Å²) in [5.74, 6) is 0.304. The van der Waals surface area contributed by atoms with Crippen LogP contribution < -0.4 is 5.32 Å². The van der Waals surface area contributed by atoms with Crippen molar-refractivity contribution in [1.29, 1.82) is 0 Å². The van der Waals surface area contributed by atoms with Crippen LogP contribution in [0.15, 0.2) is 0 Å². The molecule has 2 N–H and O–H groups in total. The first-order chi connectivity index (χ1) is 8.36. The highest BCUT2D eigenvalue weighted by Crippen LogP contribution is 2.25. The molecule has 0 amide bonds. The van der Waals surface area contributed by atoms with Crippen LogP contribution in [-0.2, 0) is 0 Å². The fourth-order valence-corrected chi connectivity index (χ4v) is 2.83. The number of likely N-dealkylation sites (N-methyl/N-ethyl adjacent to an activating group) is 1. The van der Waals surface area contributed by atoms with Gasteiger partial charge in [-0.2, -0.15) is 0 Å². The molecule has 1 aliphatic rings. The third-order valence-corrected chi connectivity index (χ3v) is 4.63. The highest BCUT2D eigenvalue weighted by Gasteiger charge is 2.30. The van der Waals surface area contributed by atoms with Crippen molar-refractivity contribution < 1.29 is 5.11 Å². The number of nitrogens with zero attached hydrogens (tertiary/aromatic N) is 1. The predicted molar refractivity (Wildman–Crippen MR) is 77.8 cm³/mol. The van der Waals surface area contributed by atoms with Crippen LogP contribution in [0, 0.1) is 5.92 Å². The minimum Gasteiger partial charge on any atom is -0.389 e. The van der Waals surface area contributed by atoms with Crippen molar-refractivity contribution in [2.75, 3.05) is 20.1 Å². The van der Waals surface area contributed by atoms with Crippen molar-refractivity contribution >= 4 is 0 Å². The SMILES string of the molecule is CCNC1CCC(N(C)CC(C)(O)C(C)C)CC1. The van der Waals surface area contributed by atoms with E-state index in [1.165, 1.54) is 25.7 Å². The molecule has 1 fully saturated rings. The van der Waals surface area contributed by atoms with Gasteiger partial charge in [-0.1, -0.05) is 20.8 Å². The van der Waals surface area contributed by atoms with Crippen molar-refractivity contribution in [1.82, 2.24) is 10.2 Å². The van der Waals surface area contributed by atoms with E-state index in [4.69, 9.17) is 0 Å². The van der Waals surface area contributed by atoms with Crippen LogP contribution in [0.1, 0.15) is 53.4 Å². The second-order valence-electron chi connectivity index (χ2n) is 6.49. The molecule has 108 valence electrons. The second-order valence-corrected chi connectivity index (χ2v) is 6.49. The summed E-state index contributed by atoms with van der Waals surface area (Å²) >= 11 is 0. The zero-order valence-electron chi connectivity index (χ0n) is 12.9. The first kappa shape index (κ1) is 15.9. The van der Waals surface area contributed by atoms with E-state index >= 15 is 0 Å². The summed E-state index contributed by atoms with van der Waals surface area (Å²) in [7, 11) is 2.16. The Bertz CT molecular complexity index is 233. The Labute approximate surface area is 113 Å². The molecule has 0 spiro atoms. The van der Waals surface area contributed by atoms with Crippen LogP contribution in [0.2, 0.25) is 0 Å². The van der Waals surface area contributed by atoms with E-state index in [2.05, 4.69) is 38.0 Å². The first-order valence-corrected chi connectivity index (χ1v) is 7.52. The Kier molecular flexibility index (Phi) is 6.09. The topological polar surface area (TPSA) is 35.5 Å². The Balaban J connectivity index is 2.38. The molecule has 18 heavy (non-hydrogen) atoms. The van der Waals surface area contributed by atoms with Gasteiger partial charge >= 0.3 is 0 Å². The summed E-state index contributed by atoms with van der Waals surface area (Å²) < 4.78 is 0. The first-order valence-electron chi connectivity index (χ1n) is 7.52. The summed E-state index contributed by atoms with van der Waals surface area (Å²) in [6, 6.07) is 1.36. The average molecular weight is 256 g/mol. The molecule has 0 heterocycles. The molecule has 3 nitrogen and oxygen atoms in total. The van der Waals surface area contributed by atoms with Gasteiger partial charge in [0.2, 0.25) is 0 Å². The molecule has 3 heteroatoms. The minimum absolute atomic E-state index is 0.304. The van der Waals surface area contributed by atoms with Crippen LogP contribution in [0.5, 0.6) is 0 Å². The third-order valence-electron chi connectivity index (χ3n) is 4.63. The minimum atomic E-state index is -0.576. The third kappa shape index (κ3) is 4.52. The monoisotopic (exact) mass is 256 g/mol. The molecule has 0 aromatic heterocycles. The van der Waals surface area contributed by atoms with Crippen molar-refractivity contribution in [2.45, 2.75) is 71.1 Å². The second kappa shape index (κ2) is 6.88. The van der Waals surface area contributed by atoms with Gasteiger partial charge in [-0.05, 0) is 52.1 Å². The normalized spacial score (nSPS) is 28.7. The van der Waals surface area contributed by atoms with E-state index in [1.807, 2.05) is 6.92 Å². The largest absolute Gasteiger partial charge is 0.389 e. The Morgan fingerprint density at radius 2 is 1.83 bits per heavy atom. The van der Waals surface area contributed by atoms with Crippen molar-refractivity contribution in [3.05, 3.63) is 0 Å². The van der Waals surface area contributed by atoms with E-state index in [0.717, 1.165) is 13.1 Å². The molecule has 1 aliphatic carbocycles. The smallest absolute Gasteiger partial charge is 0.0768 e. The molecule has 1 rings (SSSR count). The molecule has 0 saturated heterocycles. The lowest BCUT2D eigenvalue weighted by atomic mass is 9.87. The van der Waals surface area contributed by atoms with Gasteiger partial charge < -0.3 is 15.3 Å². The van der Waals surface area contributed by atoms with Crippen molar-refractivity contribution in [3.63, 3.8) is 0 Å². The molecule has 0 aromatic carbocycles. The molecule has 0 bridgehead atoms. The number of hydrogen-bond acceptors (Lipinski definition) is 3. The fourth-order valence-electron chi connectivity index (χ4n) is 2.83. The van der Waals surface area contributed by atoms with Crippen LogP contribution in [0.4, 0.5) is 0 Å². The van der Waals surface area contributed by atoms with Gasteiger partial charge in [0.25, 0.3) is 0 Å². The Morgan fingerprint density at radius 1 is 1.28 bits per heavy atom. The standard InChI is InChI=1S/C15H32N2O/c1-6-16-13-7-9-14(10-8-13)17(5)11-15(4,18)12(2)3/h12-14,16,18H,6-11H2,1-5H3. The van der Waals surface area contributed by atoms with E-state index in [-0.39, 0.29) is 0 Å². The van der Waals surface area contributed by atoms with E-state index in [9.17, 15) is 5.11 Å². The number of aliphatic hydroxyl groups is 1. The highest BCUT2D eigenvalue weighted by molar-refractivity contribution is 4.86. The Morgan fingerprint density at radius 3 is 2.28 bits per heavy atom. The summed E-state index contributed by atoms with van der Waals surface area (Å²) in [5, 5.41) is 13.9. The van der Waals surface area contributed by atoms with E-state index < -0.39 is 5.60 Å². The summed E-state index contributed by atoms with van der Waals surface area (Å²) in [4.78, 5) is 2.36. The van der Waals surface area contributed by atoms with Gasteiger partial charge in [-0.15, -0.1) is 0 Å². The van der Waals surface area contributed by atoms with E-state index in [0.29, 0.717) is 18.0 Å². The van der Waals surface area contributed by atoms with Gasteiger partial charge in [0, 0.05) is 18.6 Å². The molecular formula is C15H32N2O. The number of nitrogens with one attached hydrogen (secondary N) is 1. The van der Waals surface area contributed by atoms with Gasteiger partial charge in [-0.25, -0.2) is 0 Å². The predicted octanol–water partition coefficient (Wildman–Crippen LogP) is 2.25. The molecule has 0 aromatic rings. The summed E-state index contributed by atoms with van der Waals surface area (Å²) in [6.07, 6.45) is 5.05. The van der Waals surface area contributed by atoms with E-state index in [1.54, 1.807) is 0 Å². The van der Waals surface area contributed by atoms with Crippen LogP contribution >= 0.6 is 0 Å². The maximum atomic E-state index is 10.4. The van der Waals surface area contributed by atoms with Crippen molar-refractivity contribution in [3.8, 4) is 0 Å². The Hall–Kier alpha value is -0.120. The summed E-state index contributed by atoms with van der Waals surface area (Å²) in [6.45, 7) is 10.2. The summed E-state index contributed by atoms with van der Waals surface area (Å²) in [5.41, 5.74) is -0.576. The van der Waals surface area contributed by atoms with Crippen LogP contribution in [0.3, 0.4) is 0 Å². The van der Waals surface area contributed by atoms with Gasteiger partial charge in [-0.3, -0.25) is 0 Å². The number of rotatable bonds is 6. The van der Waals surface area contributed by atoms with Gasteiger partial charge in [0.05, 0.1) is 5.60 Å². The zero-order chi connectivity index (χ0) is 13.8. The molecule has 0 aliphatic heterocycles. The molecule has 0 radical (unpaired) electrons. The van der Waals surface area contributed by atoms with Crippen LogP contribution in [0.25, 0.3) is 0 Å². The average Bonchev–Trinajstić information content (AvgIpc) is 2.29. The zero-order valence-corrected chi connectivity index (χ0v) is 12.9. The maximum absolute atomic E-state index is 10.4. The molecule has 1 saturated carbocycles. The molecule has 1 atom stereocenters. The lowest BCUT2D eigenvalue weighted by Gasteiger charge is -2.39. The van der Waals surface area contributed by atoms with Gasteiger partial charge in [0.1, 0.15) is 0 Å². The van der Waals surface area contributed by atoms with Crippen LogP contribution in [-0.4, -0.2) is 47.8 Å². The van der Waals surface area contributed by atoms with Crippen molar-refractivity contribution in [2.24, 2.45) is 5.92 Å².